The quantitative estimate of drug-likeness (QED) is 0.792. The number of Topliss-reactive ketones (excluding diaryl/α,β-unsaturated/α-hetero) is 1. The lowest BCUT2D eigenvalue weighted by Crippen LogP contribution is -2.19. The number of hydrogen-bond acceptors (Lipinski definition) is 5. The van der Waals surface area contributed by atoms with E-state index in [-0.39, 0.29) is 5.78 Å². The Morgan fingerprint density at radius 1 is 1.45 bits per heavy atom. The van der Waals surface area contributed by atoms with Crippen molar-refractivity contribution in [3.05, 3.63) is 39.8 Å². The first-order valence-electron chi connectivity index (χ1n) is 6.33. The van der Waals surface area contributed by atoms with Gasteiger partial charge in [-0.3, -0.25) is 4.79 Å². The van der Waals surface area contributed by atoms with Gasteiger partial charge in [0.25, 0.3) is 0 Å². The minimum atomic E-state index is -0.00115. The monoisotopic (exact) mass is 290 g/mol. The fourth-order valence-corrected chi connectivity index (χ4v) is 2.77. The van der Waals surface area contributed by atoms with Crippen LogP contribution in [0.1, 0.15) is 28.0 Å². The lowest BCUT2D eigenvalue weighted by molar-refractivity contribution is 0.101. The van der Waals surface area contributed by atoms with E-state index >= 15 is 0 Å². The Morgan fingerprint density at radius 3 is 2.75 bits per heavy atom. The maximum atomic E-state index is 11.9. The normalized spacial score (nSPS) is 10.4. The van der Waals surface area contributed by atoms with Gasteiger partial charge in [-0.1, -0.05) is 6.07 Å². The van der Waals surface area contributed by atoms with E-state index in [9.17, 15) is 4.79 Å². The molecule has 2 aromatic rings. The van der Waals surface area contributed by atoms with Crippen LogP contribution in [0.4, 0.5) is 5.69 Å². The minimum Gasteiger partial charge on any atom is -0.496 e. The zero-order valence-electron chi connectivity index (χ0n) is 12.1. The molecule has 1 aromatic heterocycles. The molecule has 0 unspecified atom stereocenters. The third-order valence-corrected chi connectivity index (χ3v) is 3.88. The fourth-order valence-electron chi connectivity index (χ4n) is 2.17. The highest BCUT2D eigenvalue weighted by Gasteiger charge is 2.17. The van der Waals surface area contributed by atoms with Crippen molar-refractivity contribution in [1.29, 1.82) is 0 Å². The molecule has 0 saturated heterocycles. The Labute approximate surface area is 123 Å². The summed E-state index contributed by atoms with van der Waals surface area (Å²) >= 11 is 1.63. The van der Waals surface area contributed by atoms with Crippen molar-refractivity contribution in [3.63, 3.8) is 0 Å². The molecule has 0 aliphatic rings. The van der Waals surface area contributed by atoms with Crippen molar-refractivity contribution in [2.75, 3.05) is 19.1 Å². The van der Waals surface area contributed by atoms with Crippen LogP contribution >= 0.6 is 11.3 Å². The third kappa shape index (κ3) is 2.99. The first kappa shape index (κ1) is 14.5. The average molecular weight is 290 g/mol. The summed E-state index contributed by atoms with van der Waals surface area (Å²) in [6.07, 6.45) is 0. The third-order valence-electron chi connectivity index (χ3n) is 3.05. The van der Waals surface area contributed by atoms with Crippen LogP contribution in [0.5, 0.6) is 5.75 Å². The van der Waals surface area contributed by atoms with Crippen LogP contribution in [0.2, 0.25) is 0 Å². The van der Waals surface area contributed by atoms with Gasteiger partial charge in [0.05, 0.1) is 35.6 Å². The largest absolute Gasteiger partial charge is 0.496 e. The number of aromatic nitrogens is 1. The molecule has 0 bridgehead atoms. The molecule has 20 heavy (non-hydrogen) atoms. The molecule has 0 aliphatic carbocycles. The van der Waals surface area contributed by atoms with Gasteiger partial charge in [0, 0.05) is 12.4 Å². The minimum absolute atomic E-state index is 0.00115. The SMILES string of the molecule is COc1cccc(N(C)Cc2csc(C)n2)c1C(C)=O. The van der Waals surface area contributed by atoms with Crippen molar-refractivity contribution in [2.45, 2.75) is 20.4 Å². The second-order valence-electron chi connectivity index (χ2n) is 4.62. The Morgan fingerprint density at radius 2 is 2.20 bits per heavy atom. The molecule has 1 heterocycles. The van der Waals surface area contributed by atoms with Crippen LogP contribution in [0.3, 0.4) is 0 Å². The molecular weight excluding hydrogens is 272 g/mol. The zero-order chi connectivity index (χ0) is 14.7. The van der Waals surface area contributed by atoms with E-state index < -0.39 is 0 Å². The van der Waals surface area contributed by atoms with Crippen molar-refractivity contribution < 1.29 is 9.53 Å². The number of methoxy groups -OCH3 is 1. The molecule has 0 fully saturated rings. The number of nitrogens with zero attached hydrogens (tertiary/aromatic N) is 2. The second kappa shape index (κ2) is 6.05. The first-order valence-corrected chi connectivity index (χ1v) is 7.21. The molecule has 0 spiro atoms. The van der Waals surface area contributed by atoms with Crippen molar-refractivity contribution >= 4 is 22.8 Å². The number of ether oxygens (including phenoxy) is 1. The van der Waals surface area contributed by atoms with Gasteiger partial charge in [-0.15, -0.1) is 11.3 Å². The number of rotatable bonds is 5. The highest BCUT2D eigenvalue weighted by molar-refractivity contribution is 7.09. The number of ketones is 1. The molecule has 1 aromatic carbocycles. The van der Waals surface area contributed by atoms with Crippen LogP contribution in [-0.2, 0) is 6.54 Å². The van der Waals surface area contributed by atoms with E-state index in [0.29, 0.717) is 17.9 Å². The Kier molecular flexibility index (Phi) is 4.39. The van der Waals surface area contributed by atoms with E-state index in [1.54, 1.807) is 31.4 Å². The highest BCUT2D eigenvalue weighted by atomic mass is 32.1. The molecule has 0 saturated carbocycles. The fraction of sp³-hybridized carbons (Fsp3) is 0.333. The van der Waals surface area contributed by atoms with Gasteiger partial charge < -0.3 is 9.64 Å². The molecular formula is C15H18N2O2S. The molecule has 5 heteroatoms. The predicted octanol–water partition coefficient (Wildman–Crippen LogP) is 3.30. The van der Waals surface area contributed by atoms with Gasteiger partial charge in [0.2, 0.25) is 0 Å². The summed E-state index contributed by atoms with van der Waals surface area (Å²) in [7, 11) is 3.53. The van der Waals surface area contributed by atoms with E-state index in [1.165, 1.54) is 0 Å². The molecule has 106 valence electrons. The van der Waals surface area contributed by atoms with Gasteiger partial charge in [0.1, 0.15) is 5.75 Å². The number of hydrogen-bond donors (Lipinski definition) is 0. The summed E-state index contributed by atoms with van der Waals surface area (Å²) in [6, 6.07) is 5.63. The molecule has 0 radical (unpaired) electrons. The summed E-state index contributed by atoms with van der Waals surface area (Å²) in [5.41, 5.74) is 2.49. The summed E-state index contributed by atoms with van der Waals surface area (Å²) in [5.74, 6) is 0.607. The van der Waals surface area contributed by atoms with Crippen LogP contribution in [-0.4, -0.2) is 24.9 Å². The van der Waals surface area contributed by atoms with Crippen molar-refractivity contribution in [1.82, 2.24) is 4.98 Å². The summed E-state index contributed by atoms with van der Waals surface area (Å²) in [6.45, 7) is 4.21. The first-order chi connectivity index (χ1) is 9.52. The molecule has 0 amide bonds. The predicted molar refractivity (Wildman–Crippen MR) is 82.0 cm³/mol. The van der Waals surface area contributed by atoms with E-state index in [0.717, 1.165) is 16.4 Å². The Balaban J connectivity index is 2.34. The smallest absolute Gasteiger partial charge is 0.165 e. The number of thiazole rings is 1. The van der Waals surface area contributed by atoms with E-state index in [1.807, 2.05) is 36.4 Å². The number of aryl methyl sites for hydroxylation is 1. The Hall–Kier alpha value is -1.88. The van der Waals surface area contributed by atoms with E-state index in [4.69, 9.17) is 4.74 Å². The van der Waals surface area contributed by atoms with Gasteiger partial charge in [-0.05, 0) is 26.0 Å². The standard InChI is InChI=1S/C15H18N2O2S/c1-10(18)15-13(6-5-7-14(15)19-4)17(3)8-12-9-20-11(2)16-12/h5-7,9H,8H2,1-4H3. The molecule has 4 nitrogen and oxygen atoms in total. The number of carbonyl (C=O) groups is 1. The van der Waals surface area contributed by atoms with Gasteiger partial charge in [0.15, 0.2) is 5.78 Å². The average Bonchev–Trinajstić information content (AvgIpc) is 2.82. The molecule has 2 rings (SSSR count). The summed E-state index contributed by atoms with van der Waals surface area (Å²) < 4.78 is 5.29. The number of anilines is 1. The second-order valence-corrected chi connectivity index (χ2v) is 5.69. The lowest BCUT2D eigenvalue weighted by atomic mass is 10.1. The van der Waals surface area contributed by atoms with Gasteiger partial charge in [-0.2, -0.15) is 0 Å². The van der Waals surface area contributed by atoms with Crippen LogP contribution in [0.15, 0.2) is 23.6 Å². The summed E-state index contributed by atoms with van der Waals surface area (Å²) in [5, 5.41) is 3.09. The van der Waals surface area contributed by atoms with Crippen LogP contribution < -0.4 is 9.64 Å². The topological polar surface area (TPSA) is 42.4 Å². The van der Waals surface area contributed by atoms with Crippen LogP contribution in [0.25, 0.3) is 0 Å². The number of carbonyl (C=O) groups excluding carboxylic acids is 1. The molecule has 0 N–H and O–H groups in total. The maximum absolute atomic E-state index is 11.9. The van der Waals surface area contributed by atoms with Crippen molar-refractivity contribution in [2.24, 2.45) is 0 Å². The Bertz CT molecular complexity index is 622. The number of benzene rings is 1. The lowest BCUT2D eigenvalue weighted by Gasteiger charge is -2.22. The molecule has 0 atom stereocenters. The zero-order valence-corrected chi connectivity index (χ0v) is 13.0. The van der Waals surface area contributed by atoms with Crippen LogP contribution in [0, 0.1) is 6.92 Å². The molecule has 0 aliphatic heterocycles. The van der Waals surface area contributed by atoms with E-state index in [2.05, 4.69) is 4.98 Å². The van der Waals surface area contributed by atoms with Gasteiger partial charge in [-0.25, -0.2) is 4.98 Å². The maximum Gasteiger partial charge on any atom is 0.165 e. The van der Waals surface area contributed by atoms with Crippen molar-refractivity contribution in [3.8, 4) is 5.75 Å². The highest BCUT2D eigenvalue weighted by Crippen LogP contribution is 2.30. The summed E-state index contributed by atoms with van der Waals surface area (Å²) in [4.78, 5) is 18.4. The van der Waals surface area contributed by atoms with Gasteiger partial charge >= 0.3 is 0 Å².